The average Bonchev–Trinajstić information content (AvgIpc) is 2.89. The Balaban J connectivity index is 2.32. The van der Waals surface area contributed by atoms with Crippen molar-refractivity contribution < 1.29 is 9.18 Å². The summed E-state index contributed by atoms with van der Waals surface area (Å²) in [5.41, 5.74) is 1.47. The van der Waals surface area contributed by atoms with E-state index in [-0.39, 0.29) is 11.7 Å². The van der Waals surface area contributed by atoms with Crippen LogP contribution in [-0.2, 0) is 0 Å². The number of hydrogen-bond acceptors (Lipinski definition) is 3. The first-order valence-corrected chi connectivity index (χ1v) is 7.63. The summed E-state index contributed by atoms with van der Waals surface area (Å²) in [6, 6.07) is 6.09. The molecule has 0 saturated carbocycles. The van der Waals surface area contributed by atoms with Crippen molar-refractivity contribution in [3.8, 4) is 10.6 Å². The first kappa shape index (κ1) is 16.1. The number of amides is 1. The van der Waals surface area contributed by atoms with Crippen LogP contribution in [0.5, 0.6) is 0 Å². The number of aryl methyl sites for hydroxylation is 1. The maximum absolute atomic E-state index is 13.0. The Bertz CT molecular complexity index is 681. The average molecular weight is 316 g/mol. The molecule has 0 spiro atoms. The third kappa shape index (κ3) is 3.49. The van der Waals surface area contributed by atoms with Crippen LogP contribution in [0.1, 0.15) is 15.4 Å². The normalized spacial score (nSPS) is 10.3. The van der Waals surface area contributed by atoms with Gasteiger partial charge in [0.25, 0.3) is 5.91 Å². The fourth-order valence-corrected chi connectivity index (χ4v) is 3.05. The first-order chi connectivity index (χ1) is 10.6. The number of thiazole rings is 1. The van der Waals surface area contributed by atoms with E-state index in [1.165, 1.54) is 23.5 Å². The number of benzene rings is 1. The molecular weight excluding hydrogens is 299 g/mol. The Morgan fingerprint density at radius 2 is 1.86 bits per heavy atom. The molecule has 0 aliphatic carbocycles. The molecule has 5 heteroatoms. The second-order valence-corrected chi connectivity index (χ2v) is 5.73. The molecule has 0 aliphatic rings. The van der Waals surface area contributed by atoms with Gasteiger partial charge in [-0.15, -0.1) is 24.5 Å². The number of carbonyl (C=O) groups excluding carboxylic acids is 1. The van der Waals surface area contributed by atoms with Gasteiger partial charge in [0.15, 0.2) is 0 Å². The molecular formula is C17H17FN2OS. The highest BCUT2D eigenvalue weighted by atomic mass is 32.1. The molecule has 2 rings (SSSR count). The molecule has 0 N–H and O–H groups in total. The monoisotopic (exact) mass is 316 g/mol. The van der Waals surface area contributed by atoms with Crippen LogP contribution in [0.3, 0.4) is 0 Å². The van der Waals surface area contributed by atoms with Crippen LogP contribution in [0.4, 0.5) is 4.39 Å². The van der Waals surface area contributed by atoms with Crippen LogP contribution >= 0.6 is 11.3 Å². The van der Waals surface area contributed by atoms with Crippen molar-refractivity contribution in [1.29, 1.82) is 0 Å². The Labute approximate surface area is 133 Å². The highest BCUT2D eigenvalue weighted by Gasteiger charge is 2.20. The van der Waals surface area contributed by atoms with Gasteiger partial charge in [-0.25, -0.2) is 9.37 Å². The highest BCUT2D eigenvalue weighted by molar-refractivity contribution is 7.17. The summed E-state index contributed by atoms with van der Waals surface area (Å²) in [6.07, 6.45) is 3.36. The molecule has 0 saturated heterocycles. The molecule has 1 aromatic carbocycles. The third-order valence-corrected chi connectivity index (χ3v) is 4.26. The minimum absolute atomic E-state index is 0.0943. The van der Waals surface area contributed by atoms with Crippen molar-refractivity contribution in [2.24, 2.45) is 0 Å². The number of rotatable bonds is 6. The largest absolute Gasteiger partial charge is 0.330 e. The van der Waals surface area contributed by atoms with Crippen molar-refractivity contribution >= 4 is 17.2 Å². The lowest BCUT2D eigenvalue weighted by Gasteiger charge is -2.18. The minimum Gasteiger partial charge on any atom is -0.330 e. The first-order valence-electron chi connectivity index (χ1n) is 6.81. The van der Waals surface area contributed by atoms with Crippen LogP contribution in [0, 0.1) is 12.7 Å². The second-order valence-electron chi connectivity index (χ2n) is 4.73. The summed E-state index contributed by atoms with van der Waals surface area (Å²) in [5, 5.41) is 0.706. The molecule has 114 valence electrons. The highest BCUT2D eigenvalue weighted by Crippen LogP contribution is 2.29. The Kier molecular flexibility index (Phi) is 5.22. The number of aromatic nitrogens is 1. The summed E-state index contributed by atoms with van der Waals surface area (Å²) < 4.78 is 13.0. The smallest absolute Gasteiger partial charge is 0.266 e. The molecule has 0 radical (unpaired) electrons. The molecule has 0 bridgehead atoms. The van der Waals surface area contributed by atoms with Gasteiger partial charge in [-0.3, -0.25) is 4.79 Å². The topological polar surface area (TPSA) is 33.2 Å². The second kappa shape index (κ2) is 7.13. The van der Waals surface area contributed by atoms with Gasteiger partial charge in [0.2, 0.25) is 0 Å². The predicted octanol–water partition coefficient (Wildman–Crippen LogP) is 4.07. The summed E-state index contributed by atoms with van der Waals surface area (Å²) in [5.74, 6) is -0.389. The maximum atomic E-state index is 13.0. The lowest BCUT2D eigenvalue weighted by Crippen LogP contribution is -2.31. The zero-order valence-electron chi connectivity index (χ0n) is 12.4. The van der Waals surface area contributed by atoms with Crippen LogP contribution in [-0.4, -0.2) is 28.9 Å². The summed E-state index contributed by atoms with van der Waals surface area (Å²) in [7, 11) is 0. The Morgan fingerprint density at radius 3 is 2.41 bits per heavy atom. The van der Waals surface area contributed by atoms with Gasteiger partial charge in [0.1, 0.15) is 15.7 Å². The number of halogens is 1. The van der Waals surface area contributed by atoms with E-state index in [1.54, 1.807) is 36.1 Å². The quantitative estimate of drug-likeness (QED) is 0.753. The molecule has 0 atom stereocenters. The van der Waals surface area contributed by atoms with Gasteiger partial charge in [-0.1, -0.05) is 12.2 Å². The standard InChI is InChI=1S/C17H17FN2OS/c1-4-10-20(11-5-2)17(21)15-12(3)19-16(22-15)13-6-8-14(18)9-7-13/h4-9H,1-2,10-11H2,3H3. The molecule has 2 aromatic rings. The van der Waals surface area contributed by atoms with E-state index in [0.29, 0.717) is 28.7 Å². The molecule has 3 nitrogen and oxygen atoms in total. The molecule has 22 heavy (non-hydrogen) atoms. The van der Waals surface area contributed by atoms with Gasteiger partial charge < -0.3 is 4.90 Å². The van der Waals surface area contributed by atoms with Crippen molar-refractivity contribution in [3.63, 3.8) is 0 Å². The Morgan fingerprint density at radius 1 is 1.27 bits per heavy atom. The Hall–Kier alpha value is -2.27. The molecule has 1 aromatic heterocycles. The number of hydrogen-bond donors (Lipinski definition) is 0. The van der Waals surface area contributed by atoms with Crippen molar-refractivity contribution in [2.45, 2.75) is 6.92 Å². The van der Waals surface area contributed by atoms with Gasteiger partial charge in [0.05, 0.1) is 5.69 Å². The lowest BCUT2D eigenvalue weighted by molar-refractivity contribution is 0.0794. The summed E-state index contributed by atoms with van der Waals surface area (Å²) in [6.45, 7) is 10.0. The third-order valence-electron chi connectivity index (χ3n) is 3.07. The SMILES string of the molecule is C=CCN(CC=C)C(=O)c1sc(-c2ccc(F)cc2)nc1C. The van der Waals surface area contributed by atoms with E-state index >= 15 is 0 Å². The zero-order chi connectivity index (χ0) is 16.1. The molecule has 0 fully saturated rings. The number of carbonyl (C=O) groups is 1. The van der Waals surface area contributed by atoms with Crippen LogP contribution in [0.2, 0.25) is 0 Å². The zero-order valence-corrected chi connectivity index (χ0v) is 13.2. The van der Waals surface area contributed by atoms with Gasteiger partial charge in [0, 0.05) is 18.7 Å². The fourth-order valence-electron chi connectivity index (χ4n) is 2.01. The van der Waals surface area contributed by atoms with E-state index in [2.05, 4.69) is 18.1 Å². The molecule has 1 heterocycles. The summed E-state index contributed by atoms with van der Waals surface area (Å²) in [4.78, 5) is 19.3. The van der Waals surface area contributed by atoms with E-state index in [9.17, 15) is 9.18 Å². The van der Waals surface area contributed by atoms with Crippen LogP contribution in [0.25, 0.3) is 10.6 Å². The predicted molar refractivity (Wildman–Crippen MR) is 88.5 cm³/mol. The van der Waals surface area contributed by atoms with Crippen molar-refractivity contribution in [1.82, 2.24) is 9.88 Å². The van der Waals surface area contributed by atoms with E-state index in [4.69, 9.17) is 0 Å². The number of nitrogens with zero attached hydrogens (tertiary/aromatic N) is 2. The molecule has 0 unspecified atom stereocenters. The van der Waals surface area contributed by atoms with Crippen LogP contribution in [0.15, 0.2) is 49.6 Å². The van der Waals surface area contributed by atoms with Crippen molar-refractivity contribution in [3.05, 3.63) is 66.0 Å². The fraction of sp³-hybridized carbons (Fsp3) is 0.176. The summed E-state index contributed by atoms with van der Waals surface area (Å²) >= 11 is 1.31. The molecule has 0 aliphatic heterocycles. The lowest BCUT2D eigenvalue weighted by atomic mass is 10.2. The van der Waals surface area contributed by atoms with Gasteiger partial charge in [-0.05, 0) is 31.2 Å². The van der Waals surface area contributed by atoms with Crippen LogP contribution < -0.4 is 0 Å². The minimum atomic E-state index is -0.295. The van der Waals surface area contributed by atoms with E-state index in [0.717, 1.165) is 5.56 Å². The maximum Gasteiger partial charge on any atom is 0.266 e. The van der Waals surface area contributed by atoms with Crippen molar-refractivity contribution in [2.75, 3.05) is 13.1 Å². The van der Waals surface area contributed by atoms with E-state index < -0.39 is 0 Å². The van der Waals surface area contributed by atoms with Gasteiger partial charge in [-0.2, -0.15) is 0 Å². The van der Waals surface area contributed by atoms with Gasteiger partial charge >= 0.3 is 0 Å². The van der Waals surface area contributed by atoms with E-state index in [1.807, 2.05) is 0 Å². The molecule has 1 amide bonds.